The summed E-state index contributed by atoms with van der Waals surface area (Å²) in [6.45, 7) is 1.01. The molecule has 1 amide bonds. The number of hydrogen-bond acceptors (Lipinski definition) is 7. The lowest BCUT2D eigenvalue weighted by atomic mass is 10.2. The first-order chi connectivity index (χ1) is 13.1. The minimum absolute atomic E-state index is 0.119. The number of benzene rings is 1. The SMILES string of the molecule is O=C1c2ccccc2S(=O)(=O)N1CCCCCCNc1nsc2nccn12. The molecule has 3 heterocycles. The van der Waals surface area contributed by atoms with E-state index >= 15 is 0 Å². The second-order valence-corrected chi connectivity index (χ2v) is 8.87. The summed E-state index contributed by atoms with van der Waals surface area (Å²) in [5, 5.41) is 3.28. The summed E-state index contributed by atoms with van der Waals surface area (Å²) in [7, 11) is -3.68. The molecule has 0 atom stereocenters. The van der Waals surface area contributed by atoms with Crippen LogP contribution in [-0.2, 0) is 10.0 Å². The first kappa shape index (κ1) is 17.9. The molecule has 2 aromatic heterocycles. The van der Waals surface area contributed by atoms with Crippen molar-refractivity contribution in [3.05, 3.63) is 42.2 Å². The van der Waals surface area contributed by atoms with Gasteiger partial charge in [0.2, 0.25) is 10.9 Å². The zero-order valence-electron chi connectivity index (χ0n) is 14.5. The van der Waals surface area contributed by atoms with E-state index in [2.05, 4.69) is 14.7 Å². The van der Waals surface area contributed by atoms with E-state index in [1.54, 1.807) is 24.4 Å². The zero-order chi connectivity index (χ0) is 18.9. The Balaban J connectivity index is 1.21. The Bertz CT molecular complexity index is 1070. The molecule has 0 bridgehead atoms. The predicted molar refractivity (Wildman–Crippen MR) is 102 cm³/mol. The molecule has 8 nitrogen and oxygen atoms in total. The van der Waals surface area contributed by atoms with Crippen LogP contribution < -0.4 is 5.32 Å². The molecule has 1 aliphatic heterocycles. The third-order valence-corrected chi connectivity index (χ3v) is 7.10. The number of hydrogen-bond donors (Lipinski definition) is 1. The average Bonchev–Trinajstić information content (AvgIpc) is 3.31. The van der Waals surface area contributed by atoms with Crippen LogP contribution >= 0.6 is 11.5 Å². The lowest BCUT2D eigenvalue weighted by Crippen LogP contribution is -2.31. The van der Waals surface area contributed by atoms with E-state index in [1.165, 1.54) is 17.6 Å². The number of anilines is 1. The second-order valence-electron chi connectivity index (χ2n) is 6.31. The molecular formula is C17H19N5O3S2. The smallest absolute Gasteiger partial charge is 0.269 e. The maximum absolute atomic E-state index is 12.5. The van der Waals surface area contributed by atoms with Gasteiger partial charge >= 0.3 is 0 Å². The van der Waals surface area contributed by atoms with Crippen molar-refractivity contribution in [2.75, 3.05) is 18.4 Å². The molecule has 1 aromatic carbocycles. The van der Waals surface area contributed by atoms with E-state index < -0.39 is 15.9 Å². The lowest BCUT2D eigenvalue weighted by molar-refractivity contribution is 0.0869. The summed E-state index contributed by atoms with van der Waals surface area (Å²) in [5.74, 6) is 0.374. The molecule has 3 aromatic rings. The zero-order valence-corrected chi connectivity index (χ0v) is 16.2. The first-order valence-electron chi connectivity index (χ1n) is 8.78. The Morgan fingerprint density at radius 1 is 1.11 bits per heavy atom. The van der Waals surface area contributed by atoms with Crippen molar-refractivity contribution in [3.8, 4) is 0 Å². The van der Waals surface area contributed by atoms with E-state index in [-0.39, 0.29) is 17.0 Å². The van der Waals surface area contributed by atoms with Crippen molar-refractivity contribution in [1.29, 1.82) is 0 Å². The Kier molecular flexibility index (Phi) is 4.83. The number of fused-ring (bicyclic) bond motifs is 2. The van der Waals surface area contributed by atoms with Crippen molar-refractivity contribution in [2.45, 2.75) is 30.6 Å². The molecule has 0 unspecified atom stereocenters. The largest absolute Gasteiger partial charge is 0.355 e. The molecule has 0 spiro atoms. The highest BCUT2D eigenvalue weighted by atomic mass is 32.2. The van der Waals surface area contributed by atoms with Gasteiger partial charge < -0.3 is 5.32 Å². The Labute approximate surface area is 161 Å². The summed E-state index contributed by atoms with van der Waals surface area (Å²) in [6, 6.07) is 6.38. The topological polar surface area (TPSA) is 96.7 Å². The molecule has 0 saturated heterocycles. The lowest BCUT2D eigenvalue weighted by Gasteiger charge is -2.14. The molecule has 4 rings (SSSR count). The normalized spacial score (nSPS) is 15.4. The van der Waals surface area contributed by atoms with Gasteiger partial charge in [-0.1, -0.05) is 25.0 Å². The summed E-state index contributed by atoms with van der Waals surface area (Å²) in [6.07, 6.45) is 7.00. The van der Waals surface area contributed by atoms with E-state index in [9.17, 15) is 13.2 Å². The number of rotatable bonds is 8. The van der Waals surface area contributed by atoms with Crippen molar-refractivity contribution in [3.63, 3.8) is 0 Å². The number of amides is 1. The monoisotopic (exact) mass is 405 g/mol. The molecule has 0 aliphatic carbocycles. The van der Waals surface area contributed by atoms with Gasteiger partial charge in [-0.05, 0) is 25.0 Å². The standard InChI is InChI=1S/C17H19N5O3S2/c23-15-13-7-3-4-8-14(13)27(24,25)22(15)11-6-2-1-5-9-18-16-20-26-17-19-10-12-21(16)17/h3-4,7-8,10,12H,1-2,5-6,9,11H2,(H,18,20). The van der Waals surface area contributed by atoms with E-state index in [0.29, 0.717) is 6.42 Å². The van der Waals surface area contributed by atoms with Crippen molar-refractivity contribution in [1.82, 2.24) is 18.1 Å². The molecule has 0 saturated carbocycles. The van der Waals surface area contributed by atoms with Gasteiger partial charge in [-0.2, -0.15) is 4.37 Å². The average molecular weight is 406 g/mol. The maximum atomic E-state index is 12.5. The molecule has 1 aliphatic rings. The fourth-order valence-electron chi connectivity index (χ4n) is 3.15. The number of carbonyl (C=O) groups is 1. The van der Waals surface area contributed by atoms with E-state index in [4.69, 9.17) is 0 Å². The van der Waals surface area contributed by atoms with Crippen LogP contribution in [0.1, 0.15) is 36.0 Å². The maximum Gasteiger partial charge on any atom is 0.269 e. The van der Waals surface area contributed by atoms with Gasteiger partial charge in [-0.25, -0.2) is 17.7 Å². The first-order valence-corrected chi connectivity index (χ1v) is 11.0. The van der Waals surface area contributed by atoms with Crippen LogP contribution in [0.25, 0.3) is 4.96 Å². The molecule has 0 radical (unpaired) electrons. The second kappa shape index (κ2) is 7.28. The van der Waals surface area contributed by atoms with Gasteiger partial charge in [0.25, 0.3) is 15.9 Å². The predicted octanol–water partition coefficient (Wildman–Crippen LogP) is 2.61. The molecular weight excluding hydrogens is 386 g/mol. The molecule has 0 fully saturated rings. The number of carbonyl (C=O) groups excluding carboxylic acids is 1. The Morgan fingerprint density at radius 3 is 2.78 bits per heavy atom. The molecule has 10 heteroatoms. The molecule has 1 N–H and O–H groups in total. The minimum atomic E-state index is -3.68. The summed E-state index contributed by atoms with van der Waals surface area (Å²) in [4.78, 5) is 17.5. The van der Waals surface area contributed by atoms with Crippen LogP contribution in [0.2, 0.25) is 0 Å². The highest BCUT2D eigenvalue weighted by Crippen LogP contribution is 2.30. The van der Waals surface area contributed by atoms with Gasteiger partial charge in [0.05, 0.1) is 5.56 Å². The summed E-state index contributed by atoms with van der Waals surface area (Å²) < 4.78 is 32.1. The van der Waals surface area contributed by atoms with Gasteiger partial charge in [-0.3, -0.25) is 9.20 Å². The number of aromatic nitrogens is 3. The quantitative estimate of drug-likeness (QED) is 0.579. The van der Waals surface area contributed by atoms with Crippen LogP contribution in [-0.4, -0.2) is 45.5 Å². The Morgan fingerprint density at radius 2 is 1.93 bits per heavy atom. The molecule has 142 valence electrons. The van der Waals surface area contributed by atoms with Crippen LogP contribution in [0, 0.1) is 0 Å². The highest BCUT2D eigenvalue weighted by Gasteiger charge is 2.40. The van der Waals surface area contributed by atoms with Crippen LogP contribution in [0.3, 0.4) is 0 Å². The number of sulfonamides is 1. The Hall–Kier alpha value is -2.46. The van der Waals surface area contributed by atoms with Gasteiger partial charge in [0.1, 0.15) is 4.90 Å². The van der Waals surface area contributed by atoms with Crippen molar-refractivity contribution in [2.24, 2.45) is 0 Å². The third kappa shape index (κ3) is 3.30. The fourth-order valence-corrected chi connectivity index (χ4v) is 5.42. The third-order valence-electron chi connectivity index (χ3n) is 4.53. The van der Waals surface area contributed by atoms with Gasteiger partial charge in [-0.15, -0.1) is 0 Å². The number of unbranched alkanes of at least 4 members (excludes halogenated alkanes) is 3. The summed E-state index contributed by atoms with van der Waals surface area (Å²) in [5.41, 5.74) is 0.274. The minimum Gasteiger partial charge on any atom is -0.355 e. The number of imidazole rings is 1. The fraction of sp³-hybridized carbons (Fsp3) is 0.353. The van der Waals surface area contributed by atoms with Crippen LogP contribution in [0.4, 0.5) is 5.95 Å². The van der Waals surface area contributed by atoms with E-state index in [1.807, 2.05) is 10.6 Å². The van der Waals surface area contributed by atoms with E-state index in [0.717, 1.165) is 41.0 Å². The van der Waals surface area contributed by atoms with Crippen LogP contribution in [0.5, 0.6) is 0 Å². The van der Waals surface area contributed by atoms with Crippen molar-refractivity contribution >= 4 is 38.4 Å². The highest BCUT2D eigenvalue weighted by molar-refractivity contribution is 7.90. The van der Waals surface area contributed by atoms with Crippen molar-refractivity contribution < 1.29 is 13.2 Å². The van der Waals surface area contributed by atoms with Crippen LogP contribution in [0.15, 0.2) is 41.6 Å². The number of nitrogens with one attached hydrogen (secondary N) is 1. The van der Waals surface area contributed by atoms with Gasteiger partial charge in [0.15, 0.2) is 0 Å². The van der Waals surface area contributed by atoms with Gasteiger partial charge in [0, 0.05) is 37.0 Å². The molecule has 27 heavy (non-hydrogen) atoms. The number of nitrogens with zero attached hydrogens (tertiary/aromatic N) is 4. The summed E-state index contributed by atoms with van der Waals surface area (Å²) >= 11 is 1.35.